The standard InChI is InChI=1S/C30H37N3O5S/c1-5-18-31-30(35)24(3)32(20-26-13-9-10-23(2)19-26)29(34)21-33(39(4,36)37)27-14-16-28(17-15-27)38-22-25-11-7-6-8-12-25/h6-17,19,24H,5,18,20-22H2,1-4H3,(H,31,35)/t24-/m0/s1. The Kier molecular flexibility index (Phi) is 10.5. The maximum Gasteiger partial charge on any atom is 0.244 e. The van der Waals surface area contributed by atoms with Crippen molar-refractivity contribution in [1.82, 2.24) is 10.2 Å². The van der Waals surface area contributed by atoms with Gasteiger partial charge >= 0.3 is 0 Å². The molecule has 3 aromatic rings. The maximum atomic E-state index is 13.6. The number of benzene rings is 3. The Morgan fingerprint density at radius 1 is 0.949 bits per heavy atom. The summed E-state index contributed by atoms with van der Waals surface area (Å²) in [6.07, 6.45) is 1.82. The molecule has 39 heavy (non-hydrogen) atoms. The van der Waals surface area contributed by atoms with Gasteiger partial charge in [-0.3, -0.25) is 13.9 Å². The van der Waals surface area contributed by atoms with Crippen LogP contribution in [0.1, 0.15) is 37.0 Å². The minimum Gasteiger partial charge on any atom is -0.489 e. The summed E-state index contributed by atoms with van der Waals surface area (Å²) < 4.78 is 32.4. The normalized spacial score (nSPS) is 11.9. The summed E-state index contributed by atoms with van der Waals surface area (Å²) in [5, 5.41) is 2.83. The highest BCUT2D eigenvalue weighted by Gasteiger charge is 2.30. The number of carbonyl (C=O) groups is 2. The number of anilines is 1. The summed E-state index contributed by atoms with van der Waals surface area (Å²) in [6, 6.07) is 23.1. The molecule has 0 aliphatic carbocycles. The van der Waals surface area contributed by atoms with Crippen molar-refractivity contribution >= 4 is 27.5 Å². The number of ether oxygens (including phenoxy) is 1. The smallest absolute Gasteiger partial charge is 0.244 e. The van der Waals surface area contributed by atoms with Gasteiger partial charge in [-0.05, 0) is 55.7 Å². The number of hydrogen-bond donors (Lipinski definition) is 1. The predicted octanol–water partition coefficient (Wildman–Crippen LogP) is 4.28. The van der Waals surface area contributed by atoms with Crippen LogP contribution in [-0.2, 0) is 32.8 Å². The molecule has 0 aliphatic rings. The molecular weight excluding hydrogens is 514 g/mol. The second-order valence-electron chi connectivity index (χ2n) is 9.52. The first-order valence-corrected chi connectivity index (χ1v) is 14.8. The molecule has 0 heterocycles. The molecule has 2 amide bonds. The molecule has 0 radical (unpaired) electrons. The number of hydrogen-bond acceptors (Lipinski definition) is 5. The maximum absolute atomic E-state index is 13.6. The van der Waals surface area contributed by atoms with Crippen LogP contribution in [0.4, 0.5) is 5.69 Å². The number of nitrogens with one attached hydrogen (secondary N) is 1. The van der Waals surface area contributed by atoms with Crippen molar-refractivity contribution in [2.75, 3.05) is 23.7 Å². The average Bonchev–Trinajstić information content (AvgIpc) is 2.92. The number of carbonyl (C=O) groups excluding carboxylic acids is 2. The number of sulfonamides is 1. The van der Waals surface area contributed by atoms with Crippen LogP contribution in [0.15, 0.2) is 78.9 Å². The molecule has 0 spiro atoms. The minimum atomic E-state index is -3.81. The van der Waals surface area contributed by atoms with Crippen LogP contribution in [0, 0.1) is 6.92 Å². The molecule has 0 saturated carbocycles. The molecule has 0 aromatic heterocycles. The minimum absolute atomic E-state index is 0.172. The van der Waals surface area contributed by atoms with E-state index in [0.29, 0.717) is 24.6 Å². The SMILES string of the molecule is CCCNC(=O)[C@H](C)N(Cc1cccc(C)c1)C(=O)CN(c1ccc(OCc2ccccc2)cc1)S(C)(=O)=O. The van der Waals surface area contributed by atoms with E-state index in [1.165, 1.54) is 4.90 Å². The van der Waals surface area contributed by atoms with Crippen LogP contribution in [-0.4, -0.2) is 50.5 Å². The Morgan fingerprint density at radius 3 is 2.23 bits per heavy atom. The quantitative estimate of drug-likeness (QED) is 0.342. The highest BCUT2D eigenvalue weighted by atomic mass is 32.2. The topological polar surface area (TPSA) is 96.0 Å². The van der Waals surface area contributed by atoms with Crippen LogP contribution < -0.4 is 14.4 Å². The molecule has 1 N–H and O–H groups in total. The first-order chi connectivity index (χ1) is 18.6. The lowest BCUT2D eigenvalue weighted by Crippen LogP contribution is -2.51. The second-order valence-corrected chi connectivity index (χ2v) is 11.4. The summed E-state index contributed by atoms with van der Waals surface area (Å²) in [4.78, 5) is 27.9. The fraction of sp³-hybridized carbons (Fsp3) is 0.333. The molecule has 0 unspecified atom stereocenters. The third-order valence-electron chi connectivity index (χ3n) is 6.20. The van der Waals surface area contributed by atoms with Gasteiger partial charge in [0, 0.05) is 13.1 Å². The van der Waals surface area contributed by atoms with E-state index >= 15 is 0 Å². The van der Waals surface area contributed by atoms with Gasteiger partial charge in [-0.25, -0.2) is 8.42 Å². The fourth-order valence-corrected chi connectivity index (χ4v) is 4.90. The van der Waals surface area contributed by atoms with Crippen molar-refractivity contribution in [2.45, 2.75) is 46.4 Å². The Balaban J connectivity index is 1.81. The number of aryl methyl sites for hydroxylation is 1. The zero-order chi connectivity index (χ0) is 28.4. The van der Waals surface area contributed by atoms with Crippen molar-refractivity contribution in [3.63, 3.8) is 0 Å². The van der Waals surface area contributed by atoms with Crippen LogP contribution in [0.2, 0.25) is 0 Å². The molecule has 8 nitrogen and oxygen atoms in total. The number of nitrogens with zero attached hydrogens (tertiary/aromatic N) is 2. The van der Waals surface area contributed by atoms with E-state index in [1.54, 1.807) is 31.2 Å². The molecule has 9 heteroatoms. The lowest BCUT2D eigenvalue weighted by Gasteiger charge is -2.31. The Hall–Kier alpha value is -3.85. The van der Waals surface area contributed by atoms with Crippen LogP contribution in [0.5, 0.6) is 5.75 Å². The highest BCUT2D eigenvalue weighted by molar-refractivity contribution is 7.92. The third-order valence-corrected chi connectivity index (χ3v) is 7.34. The molecular formula is C30H37N3O5S. The number of rotatable bonds is 13. The lowest BCUT2D eigenvalue weighted by atomic mass is 10.1. The van der Waals surface area contributed by atoms with E-state index in [2.05, 4.69) is 5.32 Å². The third kappa shape index (κ3) is 8.85. The van der Waals surface area contributed by atoms with Gasteiger partial charge in [0.1, 0.15) is 24.9 Å². The Morgan fingerprint density at radius 2 is 1.62 bits per heavy atom. The van der Waals surface area contributed by atoms with E-state index in [-0.39, 0.29) is 12.5 Å². The van der Waals surface area contributed by atoms with Crippen molar-refractivity contribution in [1.29, 1.82) is 0 Å². The predicted molar refractivity (Wildman–Crippen MR) is 154 cm³/mol. The molecule has 208 valence electrons. The van der Waals surface area contributed by atoms with E-state index in [4.69, 9.17) is 4.74 Å². The van der Waals surface area contributed by atoms with E-state index < -0.39 is 28.5 Å². The van der Waals surface area contributed by atoms with Gasteiger partial charge < -0.3 is 15.0 Å². The van der Waals surface area contributed by atoms with Crippen LogP contribution >= 0.6 is 0 Å². The van der Waals surface area contributed by atoms with Gasteiger partial charge in [0.25, 0.3) is 0 Å². The summed E-state index contributed by atoms with van der Waals surface area (Å²) in [6.45, 7) is 6.14. The van der Waals surface area contributed by atoms with Crippen molar-refractivity contribution < 1.29 is 22.7 Å². The zero-order valence-corrected chi connectivity index (χ0v) is 23.8. The van der Waals surface area contributed by atoms with Crippen LogP contribution in [0.25, 0.3) is 0 Å². The fourth-order valence-electron chi connectivity index (χ4n) is 4.05. The summed E-state index contributed by atoms with van der Waals surface area (Å²) >= 11 is 0. The molecule has 0 fully saturated rings. The molecule has 0 aliphatic heterocycles. The van der Waals surface area contributed by atoms with Crippen molar-refractivity contribution in [3.8, 4) is 5.75 Å². The summed E-state index contributed by atoms with van der Waals surface area (Å²) in [7, 11) is -3.81. The number of amides is 2. The van der Waals surface area contributed by atoms with E-state index in [1.807, 2.05) is 68.4 Å². The first-order valence-electron chi connectivity index (χ1n) is 13.0. The van der Waals surface area contributed by atoms with Gasteiger partial charge in [0.2, 0.25) is 21.8 Å². The monoisotopic (exact) mass is 551 g/mol. The lowest BCUT2D eigenvalue weighted by molar-refractivity contribution is -0.139. The first kappa shape index (κ1) is 29.7. The van der Waals surface area contributed by atoms with E-state index in [0.717, 1.165) is 33.7 Å². The molecule has 1 atom stereocenters. The van der Waals surface area contributed by atoms with E-state index in [9.17, 15) is 18.0 Å². The Bertz CT molecular complexity index is 1340. The van der Waals surface area contributed by atoms with Crippen LogP contribution in [0.3, 0.4) is 0 Å². The average molecular weight is 552 g/mol. The molecule has 3 aromatic carbocycles. The van der Waals surface area contributed by atoms with Gasteiger partial charge in [0.05, 0.1) is 11.9 Å². The van der Waals surface area contributed by atoms with Gasteiger partial charge in [0.15, 0.2) is 0 Å². The molecule has 3 rings (SSSR count). The molecule has 0 saturated heterocycles. The Labute approximate surface area is 231 Å². The molecule has 0 bridgehead atoms. The highest BCUT2D eigenvalue weighted by Crippen LogP contribution is 2.23. The van der Waals surface area contributed by atoms with Gasteiger partial charge in [-0.15, -0.1) is 0 Å². The second kappa shape index (κ2) is 13.8. The van der Waals surface area contributed by atoms with Gasteiger partial charge in [-0.2, -0.15) is 0 Å². The van der Waals surface area contributed by atoms with Crippen molar-refractivity contribution in [2.24, 2.45) is 0 Å². The summed E-state index contributed by atoms with van der Waals surface area (Å²) in [5.74, 6) is -0.196. The zero-order valence-electron chi connectivity index (χ0n) is 23.0. The largest absolute Gasteiger partial charge is 0.489 e. The van der Waals surface area contributed by atoms with Gasteiger partial charge in [-0.1, -0.05) is 67.1 Å². The summed E-state index contributed by atoms with van der Waals surface area (Å²) in [5.41, 5.74) is 3.21. The van der Waals surface area contributed by atoms with Crippen molar-refractivity contribution in [3.05, 3.63) is 95.6 Å².